The molecule has 0 saturated heterocycles. The summed E-state index contributed by atoms with van der Waals surface area (Å²) in [7, 11) is 0. The first-order valence-corrected chi connectivity index (χ1v) is 6.20. The summed E-state index contributed by atoms with van der Waals surface area (Å²) in [6.45, 7) is 0. The second kappa shape index (κ2) is 4.58. The molecule has 0 aliphatic heterocycles. The molecule has 3 rings (SSSR count). The van der Waals surface area contributed by atoms with Gasteiger partial charge in [-0.15, -0.1) is 11.3 Å². The monoisotopic (exact) mass is 272 g/mol. The molecule has 0 fully saturated rings. The van der Waals surface area contributed by atoms with Gasteiger partial charge in [0, 0.05) is 29.4 Å². The van der Waals surface area contributed by atoms with Gasteiger partial charge in [-0.2, -0.15) is 5.10 Å². The van der Waals surface area contributed by atoms with Gasteiger partial charge in [-0.25, -0.2) is 20.1 Å². The number of nitrogens with one attached hydrogen (secondary N) is 1. The lowest BCUT2D eigenvalue weighted by Crippen LogP contribution is -2.07. The molecule has 0 aliphatic carbocycles. The molecule has 3 heterocycles. The molecular weight excluding hydrogens is 264 g/mol. The van der Waals surface area contributed by atoms with Gasteiger partial charge in [-0.1, -0.05) is 0 Å². The number of thiazole rings is 1. The fraction of sp³-hybridized carbons (Fsp3) is 0. The van der Waals surface area contributed by atoms with Crippen molar-refractivity contribution in [1.82, 2.24) is 25.1 Å². The molecule has 0 atom stereocenters. The maximum atomic E-state index is 11.0. The van der Waals surface area contributed by atoms with Crippen molar-refractivity contribution < 1.29 is 0 Å². The average molecular weight is 272 g/mol. The van der Waals surface area contributed by atoms with Gasteiger partial charge in [0.1, 0.15) is 10.7 Å². The number of rotatable bonds is 2. The number of nitrogen functional groups attached to an aromatic ring is 1. The third-order valence-corrected chi connectivity index (χ3v) is 3.18. The van der Waals surface area contributed by atoms with Crippen LogP contribution in [0.3, 0.4) is 0 Å². The molecule has 0 amide bonds. The van der Waals surface area contributed by atoms with E-state index in [1.54, 1.807) is 18.5 Å². The molecule has 0 radical (unpaired) electrons. The largest absolute Gasteiger partial charge is 0.368 e. The molecule has 0 aromatic carbocycles. The third-order valence-electron chi connectivity index (χ3n) is 2.40. The van der Waals surface area contributed by atoms with Crippen molar-refractivity contribution in [3.63, 3.8) is 0 Å². The van der Waals surface area contributed by atoms with Crippen molar-refractivity contribution >= 4 is 17.3 Å². The van der Waals surface area contributed by atoms with Crippen LogP contribution in [0.25, 0.3) is 22.0 Å². The molecule has 0 aliphatic rings. The molecule has 8 heteroatoms. The summed E-state index contributed by atoms with van der Waals surface area (Å²) in [5, 5.41) is 8.91. The van der Waals surface area contributed by atoms with Gasteiger partial charge in [0.25, 0.3) is 5.56 Å². The first kappa shape index (κ1) is 11.5. The molecule has 0 unspecified atom stereocenters. The molecule has 94 valence electrons. The lowest BCUT2D eigenvalue weighted by molar-refractivity contribution is 0.992. The van der Waals surface area contributed by atoms with Crippen LogP contribution in [0.1, 0.15) is 0 Å². The molecule has 19 heavy (non-hydrogen) atoms. The summed E-state index contributed by atoms with van der Waals surface area (Å²) in [5.74, 6) is 0.165. The number of aromatic nitrogens is 5. The van der Waals surface area contributed by atoms with E-state index in [-0.39, 0.29) is 11.5 Å². The number of aromatic amines is 1. The zero-order valence-corrected chi connectivity index (χ0v) is 10.4. The second-order valence-corrected chi connectivity index (χ2v) is 4.53. The zero-order chi connectivity index (χ0) is 13.2. The van der Waals surface area contributed by atoms with Crippen molar-refractivity contribution in [2.24, 2.45) is 0 Å². The Labute approximate surface area is 111 Å². The molecule has 0 spiro atoms. The number of nitrogens with two attached hydrogens (primary N) is 1. The molecular formula is C11H8N6OS. The third kappa shape index (κ3) is 2.20. The van der Waals surface area contributed by atoms with E-state index in [1.807, 2.05) is 5.38 Å². The van der Waals surface area contributed by atoms with Crippen LogP contribution in [0, 0.1) is 0 Å². The van der Waals surface area contributed by atoms with Gasteiger partial charge >= 0.3 is 0 Å². The average Bonchev–Trinajstić information content (AvgIpc) is 2.94. The highest BCUT2D eigenvalue weighted by Gasteiger charge is 2.13. The van der Waals surface area contributed by atoms with Gasteiger partial charge in [0.05, 0.1) is 5.69 Å². The van der Waals surface area contributed by atoms with Gasteiger partial charge in [-0.05, 0) is 6.07 Å². The Bertz CT molecular complexity index is 747. The number of H-pyrrole nitrogens is 1. The minimum absolute atomic E-state index is 0.165. The Morgan fingerprint density at radius 3 is 2.84 bits per heavy atom. The van der Waals surface area contributed by atoms with Crippen LogP contribution in [0.5, 0.6) is 0 Å². The van der Waals surface area contributed by atoms with E-state index in [4.69, 9.17) is 5.73 Å². The highest BCUT2D eigenvalue weighted by atomic mass is 32.1. The van der Waals surface area contributed by atoms with E-state index in [1.165, 1.54) is 17.4 Å². The van der Waals surface area contributed by atoms with Crippen molar-refractivity contribution in [2.75, 3.05) is 5.73 Å². The van der Waals surface area contributed by atoms with Gasteiger partial charge in [0.2, 0.25) is 5.95 Å². The molecule has 3 aromatic heterocycles. The molecule has 0 saturated carbocycles. The Hall–Kier alpha value is -2.61. The summed E-state index contributed by atoms with van der Waals surface area (Å²) in [5.41, 5.74) is 7.17. The van der Waals surface area contributed by atoms with Crippen LogP contribution >= 0.6 is 11.3 Å². The van der Waals surface area contributed by atoms with Gasteiger partial charge in [0.15, 0.2) is 0 Å². The lowest BCUT2D eigenvalue weighted by Gasteiger charge is -2.05. The zero-order valence-electron chi connectivity index (χ0n) is 9.57. The van der Waals surface area contributed by atoms with E-state index in [2.05, 4.69) is 25.1 Å². The summed E-state index contributed by atoms with van der Waals surface area (Å²) < 4.78 is 0. The van der Waals surface area contributed by atoms with Crippen LogP contribution in [0.2, 0.25) is 0 Å². The topological polar surface area (TPSA) is 110 Å². The van der Waals surface area contributed by atoms with Crippen molar-refractivity contribution in [2.45, 2.75) is 0 Å². The summed E-state index contributed by atoms with van der Waals surface area (Å²) in [6.07, 6.45) is 3.25. The number of anilines is 1. The van der Waals surface area contributed by atoms with Crippen molar-refractivity contribution in [1.29, 1.82) is 0 Å². The number of hydrogen-bond acceptors (Lipinski definition) is 7. The Kier molecular flexibility index (Phi) is 2.76. The minimum atomic E-state index is -0.268. The quantitative estimate of drug-likeness (QED) is 0.718. The van der Waals surface area contributed by atoms with Gasteiger partial charge < -0.3 is 5.73 Å². The van der Waals surface area contributed by atoms with Crippen LogP contribution in [0.15, 0.2) is 34.7 Å². The Morgan fingerprint density at radius 2 is 2.16 bits per heavy atom. The maximum Gasteiger partial charge on any atom is 0.264 e. The second-order valence-electron chi connectivity index (χ2n) is 3.63. The van der Waals surface area contributed by atoms with E-state index >= 15 is 0 Å². The first-order valence-electron chi connectivity index (χ1n) is 5.32. The molecule has 0 bridgehead atoms. The normalized spacial score (nSPS) is 10.5. The van der Waals surface area contributed by atoms with Crippen LogP contribution in [-0.2, 0) is 0 Å². The fourth-order valence-electron chi connectivity index (χ4n) is 1.58. The Balaban J connectivity index is 2.21. The van der Waals surface area contributed by atoms with E-state index in [9.17, 15) is 4.79 Å². The summed E-state index contributed by atoms with van der Waals surface area (Å²) in [6, 6.07) is 3.00. The fourth-order valence-corrected chi connectivity index (χ4v) is 2.22. The SMILES string of the molecule is Nc1ncc(-c2ccc(=O)[nH]n2)c(-c2nccs2)n1. The molecule has 3 aromatic rings. The highest BCUT2D eigenvalue weighted by Crippen LogP contribution is 2.29. The standard InChI is InChI=1S/C11H8N6OS/c12-11-14-5-6(7-1-2-8(18)17-16-7)9(15-11)10-13-3-4-19-10/h1-5H,(H,17,18)(H2,12,14,15). The summed E-state index contributed by atoms with van der Waals surface area (Å²) in [4.78, 5) is 23.4. The van der Waals surface area contributed by atoms with Crippen LogP contribution in [-0.4, -0.2) is 25.1 Å². The predicted octanol–water partition coefficient (Wildman–Crippen LogP) is 0.933. The van der Waals surface area contributed by atoms with Crippen molar-refractivity contribution in [3.8, 4) is 22.0 Å². The van der Waals surface area contributed by atoms with E-state index in [0.717, 1.165) is 5.01 Å². The molecule has 3 N–H and O–H groups in total. The highest BCUT2D eigenvalue weighted by molar-refractivity contribution is 7.13. The Morgan fingerprint density at radius 1 is 1.26 bits per heavy atom. The molecule has 7 nitrogen and oxygen atoms in total. The number of nitrogens with zero attached hydrogens (tertiary/aromatic N) is 4. The predicted molar refractivity (Wildman–Crippen MR) is 71.4 cm³/mol. The van der Waals surface area contributed by atoms with Gasteiger partial charge in [-0.3, -0.25) is 4.79 Å². The van der Waals surface area contributed by atoms with Crippen molar-refractivity contribution in [3.05, 3.63) is 40.3 Å². The van der Waals surface area contributed by atoms with Crippen LogP contribution < -0.4 is 11.3 Å². The first-order chi connectivity index (χ1) is 9.24. The summed E-state index contributed by atoms with van der Waals surface area (Å²) >= 11 is 1.44. The maximum absolute atomic E-state index is 11.0. The lowest BCUT2D eigenvalue weighted by atomic mass is 10.1. The van der Waals surface area contributed by atoms with E-state index in [0.29, 0.717) is 17.0 Å². The minimum Gasteiger partial charge on any atom is -0.368 e. The number of hydrogen-bond donors (Lipinski definition) is 2. The smallest absolute Gasteiger partial charge is 0.264 e. The van der Waals surface area contributed by atoms with Crippen LogP contribution in [0.4, 0.5) is 5.95 Å². The van der Waals surface area contributed by atoms with E-state index < -0.39 is 0 Å².